The van der Waals surface area contributed by atoms with Crippen LogP contribution in [-0.2, 0) is 0 Å². The SMILES string of the molecule is c1ccc(-c2nc(-c3ccc(-n4c5ccccc5c5cc6ccccc6cc54)c(-c4ccc5ccccc5c4)c3)nc(-c3cccc4sc5ccccc5c34)n2)cc1. The van der Waals surface area contributed by atoms with Gasteiger partial charge in [0, 0.05) is 53.2 Å². The molecule has 3 aromatic heterocycles. The van der Waals surface area contributed by atoms with E-state index in [1.165, 1.54) is 58.0 Å². The van der Waals surface area contributed by atoms with Crippen LogP contribution in [-0.4, -0.2) is 19.5 Å². The molecule has 4 nitrogen and oxygen atoms in total. The van der Waals surface area contributed by atoms with E-state index >= 15 is 0 Å². The van der Waals surface area contributed by atoms with Crippen molar-refractivity contribution >= 4 is 74.9 Å². The molecule has 0 bridgehead atoms. The Morgan fingerprint density at radius 1 is 0.345 bits per heavy atom. The predicted octanol–water partition coefficient (Wildman–Crippen LogP) is 14.3. The van der Waals surface area contributed by atoms with Gasteiger partial charge < -0.3 is 4.57 Å². The first-order valence-electron chi connectivity index (χ1n) is 19.5. The number of para-hydroxylation sites is 1. The molecule has 0 saturated carbocycles. The lowest BCUT2D eigenvalue weighted by Crippen LogP contribution is -2.02. The highest BCUT2D eigenvalue weighted by Crippen LogP contribution is 2.42. The van der Waals surface area contributed by atoms with Crippen LogP contribution >= 0.6 is 11.3 Å². The maximum absolute atomic E-state index is 5.32. The number of hydrogen-bond donors (Lipinski definition) is 0. The van der Waals surface area contributed by atoms with Crippen molar-refractivity contribution in [2.75, 3.05) is 0 Å². The Morgan fingerprint density at radius 2 is 0.983 bits per heavy atom. The molecule has 9 aromatic carbocycles. The molecular weight excluding hydrogens is 725 g/mol. The quantitative estimate of drug-likeness (QED) is 0.176. The molecule has 0 amide bonds. The molecule has 0 aliphatic carbocycles. The molecule has 0 unspecified atom stereocenters. The molecule has 0 atom stereocenters. The smallest absolute Gasteiger partial charge is 0.164 e. The summed E-state index contributed by atoms with van der Waals surface area (Å²) >= 11 is 1.80. The van der Waals surface area contributed by atoms with Crippen LogP contribution in [0.3, 0.4) is 0 Å². The van der Waals surface area contributed by atoms with Crippen molar-refractivity contribution in [2.24, 2.45) is 0 Å². The number of aromatic nitrogens is 4. The fourth-order valence-electron chi connectivity index (χ4n) is 8.68. The van der Waals surface area contributed by atoms with Gasteiger partial charge in [-0.25, -0.2) is 15.0 Å². The van der Waals surface area contributed by atoms with Crippen LogP contribution in [0.1, 0.15) is 0 Å². The van der Waals surface area contributed by atoms with E-state index in [-0.39, 0.29) is 0 Å². The van der Waals surface area contributed by atoms with Crippen molar-refractivity contribution in [3.63, 3.8) is 0 Å². The lowest BCUT2D eigenvalue weighted by Gasteiger charge is -2.17. The third-order valence-electron chi connectivity index (χ3n) is 11.4. The molecular formula is C53H32N4S. The second kappa shape index (κ2) is 13.1. The number of rotatable bonds is 5. The number of benzene rings is 9. The minimum atomic E-state index is 0.627. The van der Waals surface area contributed by atoms with Gasteiger partial charge in [-0.2, -0.15) is 0 Å². The van der Waals surface area contributed by atoms with Crippen molar-refractivity contribution in [3.8, 4) is 51.0 Å². The zero-order valence-electron chi connectivity index (χ0n) is 31.2. The van der Waals surface area contributed by atoms with Crippen molar-refractivity contribution in [2.45, 2.75) is 0 Å². The van der Waals surface area contributed by atoms with E-state index in [1.54, 1.807) is 11.3 Å². The summed E-state index contributed by atoms with van der Waals surface area (Å²) in [4.78, 5) is 15.7. The van der Waals surface area contributed by atoms with E-state index in [0.29, 0.717) is 17.5 Å². The van der Waals surface area contributed by atoms with Gasteiger partial charge in [0.25, 0.3) is 0 Å². The van der Waals surface area contributed by atoms with Gasteiger partial charge >= 0.3 is 0 Å². The van der Waals surface area contributed by atoms with Crippen LogP contribution in [0, 0.1) is 0 Å². The summed E-state index contributed by atoms with van der Waals surface area (Å²) in [6, 6.07) is 69.3. The zero-order valence-corrected chi connectivity index (χ0v) is 32.0. The average Bonchev–Trinajstić information content (AvgIpc) is 3.83. The molecule has 0 saturated heterocycles. The Bertz CT molecular complexity index is 3580. The Labute approximate surface area is 338 Å². The summed E-state index contributed by atoms with van der Waals surface area (Å²) in [7, 11) is 0. The Hall–Kier alpha value is -7.47. The Balaban J connectivity index is 1.14. The minimum Gasteiger partial charge on any atom is -0.309 e. The highest BCUT2D eigenvalue weighted by molar-refractivity contribution is 7.25. The number of hydrogen-bond acceptors (Lipinski definition) is 4. The molecule has 0 aliphatic heterocycles. The van der Waals surface area contributed by atoms with Gasteiger partial charge in [0.2, 0.25) is 0 Å². The van der Waals surface area contributed by atoms with Crippen molar-refractivity contribution in [3.05, 3.63) is 194 Å². The summed E-state index contributed by atoms with van der Waals surface area (Å²) in [5.74, 6) is 1.92. The molecule has 270 valence electrons. The fourth-order valence-corrected chi connectivity index (χ4v) is 9.81. The molecule has 5 heteroatoms. The highest BCUT2D eigenvalue weighted by atomic mass is 32.1. The average molecular weight is 757 g/mol. The summed E-state index contributed by atoms with van der Waals surface area (Å²) < 4.78 is 4.89. The second-order valence-corrected chi connectivity index (χ2v) is 15.9. The molecule has 0 N–H and O–H groups in total. The summed E-state index contributed by atoms with van der Waals surface area (Å²) in [6.45, 7) is 0. The van der Waals surface area contributed by atoms with E-state index in [2.05, 4.69) is 180 Å². The first-order chi connectivity index (χ1) is 28.7. The third kappa shape index (κ3) is 5.25. The van der Waals surface area contributed by atoms with E-state index < -0.39 is 0 Å². The topological polar surface area (TPSA) is 43.6 Å². The highest BCUT2D eigenvalue weighted by Gasteiger charge is 2.21. The van der Waals surface area contributed by atoms with Gasteiger partial charge in [-0.05, 0) is 81.7 Å². The van der Waals surface area contributed by atoms with Crippen LogP contribution < -0.4 is 0 Å². The third-order valence-corrected chi connectivity index (χ3v) is 12.5. The van der Waals surface area contributed by atoms with E-state index in [4.69, 9.17) is 15.0 Å². The minimum absolute atomic E-state index is 0.627. The lowest BCUT2D eigenvalue weighted by molar-refractivity contribution is 1.08. The summed E-state index contributed by atoms with van der Waals surface area (Å²) in [5.41, 5.74) is 8.49. The van der Waals surface area contributed by atoms with Gasteiger partial charge in [-0.3, -0.25) is 0 Å². The van der Waals surface area contributed by atoms with Gasteiger partial charge in [-0.1, -0.05) is 140 Å². The van der Waals surface area contributed by atoms with E-state index in [0.717, 1.165) is 39.0 Å². The normalized spacial score (nSPS) is 11.8. The Kier molecular flexibility index (Phi) is 7.37. The summed E-state index contributed by atoms with van der Waals surface area (Å²) in [6.07, 6.45) is 0. The van der Waals surface area contributed by atoms with Crippen molar-refractivity contribution in [1.29, 1.82) is 0 Å². The summed E-state index contributed by atoms with van der Waals surface area (Å²) in [5, 5.41) is 9.67. The van der Waals surface area contributed by atoms with Gasteiger partial charge in [0.15, 0.2) is 17.5 Å². The zero-order chi connectivity index (χ0) is 38.2. The monoisotopic (exact) mass is 756 g/mol. The molecule has 0 spiro atoms. The molecule has 0 aliphatic rings. The number of nitrogens with zero attached hydrogens (tertiary/aromatic N) is 4. The first-order valence-corrected chi connectivity index (χ1v) is 20.3. The standard InChI is InChI=1S/C53H32N4S/c1-2-14-34(15-3-1)51-54-52(56-53(55-51)42-21-12-24-49-50(42)41-20-9-11-23-48(41)58-49)39-27-28-46(43(31-39)38-26-25-33-13-4-5-16-35(33)29-38)57-45-22-10-8-19-40(45)44-30-36-17-6-7-18-37(36)32-47(44)57/h1-32H. The largest absolute Gasteiger partial charge is 0.309 e. The van der Waals surface area contributed by atoms with Crippen LogP contribution in [0.4, 0.5) is 0 Å². The first kappa shape index (κ1) is 32.7. The van der Waals surface area contributed by atoms with Crippen LogP contribution in [0.2, 0.25) is 0 Å². The number of fused-ring (bicyclic) bond motifs is 8. The Morgan fingerprint density at radius 3 is 1.83 bits per heavy atom. The van der Waals surface area contributed by atoms with E-state index in [9.17, 15) is 0 Å². The van der Waals surface area contributed by atoms with Crippen molar-refractivity contribution in [1.82, 2.24) is 19.5 Å². The molecule has 12 aromatic rings. The van der Waals surface area contributed by atoms with Crippen LogP contribution in [0.15, 0.2) is 194 Å². The fraction of sp³-hybridized carbons (Fsp3) is 0. The molecule has 0 fully saturated rings. The van der Waals surface area contributed by atoms with Crippen LogP contribution in [0.25, 0.3) is 115 Å². The molecule has 58 heavy (non-hydrogen) atoms. The maximum atomic E-state index is 5.32. The molecule has 0 radical (unpaired) electrons. The predicted molar refractivity (Wildman–Crippen MR) is 244 cm³/mol. The second-order valence-electron chi connectivity index (χ2n) is 14.8. The van der Waals surface area contributed by atoms with E-state index in [1.807, 2.05) is 18.2 Å². The van der Waals surface area contributed by atoms with Crippen LogP contribution in [0.5, 0.6) is 0 Å². The molecule has 3 heterocycles. The maximum Gasteiger partial charge on any atom is 0.164 e. The number of thiophene rings is 1. The van der Waals surface area contributed by atoms with Crippen molar-refractivity contribution < 1.29 is 0 Å². The molecule has 12 rings (SSSR count). The van der Waals surface area contributed by atoms with Gasteiger partial charge in [0.1, 0.15) is 0 Å². The lowest BCUT2D eigenvalue weighted by atomic mass is 9.97. The van der Waals surface area contributed by atoms with Gasteiger partial charge in [-0.15, -0.1) is 11.3 Å². The van der Waals surface area contributed by atoms with Gasteiger partial charge in [0.05, 0.1) is 16.7 Å².